The molecule has 0 heterocycles. The van der Waals surface area contributed by atoms with Gasteiger partial charge in [-0.2, -0.15) is 0 Å². The van der Waals surface area contributed by atoms with Crippen molar-refractivity contribution in [3.63, 3.8) is 0 Å². The first-order valence-corrected chi connectivity index (χ1v) is 8.72. The Labute approximate surface area is 139 Å². The summed E-state index contributed by atoms with van der Waals surface area (Å²) in [5, 5.41) is 0. The van der Waals surface area contributed by atoms with Crippen LogP contribution in [0.15, 0.2) is 24.3 Å². The highest BCUT2D eigenvalue weighted by atomic mass is 16.7. The predicted octanol–water partition coefficient (Wildman–Crippen LogP) is 4.71. The van der Waals surface area contributed by atoms with E-state index >= 15 is 0 Å². The van der Waals surface area contributed by atoms with Gasteiger partial charge in [0.25, 0.3) is 0 Å². The molecule has 1 aliphatic rings. The molecule has 0 amide bonds. The second kappa shape index (κ2) is 8.92. The monoisotopic (exact) mass is 320 g/mol. The van der Waals surface area contributed by atoms with Gasteiger partial charge in [-0.15, -0.1) is 0 Å². The Balaban J connectivity index is 1.80. The van der Waals surface area contributed by atoms with Crippen LogP contribution in [0.3, 0.4) is 0 Å². The molecule has 1 aliphatic carbocycles. The minimum Gasteiger partial charge on any atom is -0.465 e. The summed E-state index contributed by atoms with van der Waals surface area (Å²) in [5.41, 5.74) is 0. The van der Waals surface area contributed by atoms with Crippen LogP contribution in [0.5, 0.6) is 11.5 Å². The van der Waals surface area contributed by atoms with E-state index in [4.69, 9.17) is 14.2 Å². The summed E-state index contributed by atoms with van der Waals surface area (Å²) in [6, 6.07) is 7.12. The molecule has 2 unspecified atom stereocenters. The molecule has 2 rings (SSSR count). The largest absolute Gasteiger partial charge is 0.465 e. The highest BCUT2D eigenvalue weighted by molar-refractivity contribution is 5.74. The van der Waals surface area contributed by atoms with Gasteiger partial charge >= 0.3 is 5.97 Å². The van der Waals surface area contributed by atoms with Crippen molar-refractivity contribution in [2.75, 3.05) is 0 Å². The van der Waals surface area contributed by atoms with Crippen LogP contribution in [0, 0.1) is 5.92 Å². The Hall–Kier alpha value is -1.55. The van der Waals surface area contributed by atoms with E-state index in [9.17, 15) is 4.79 Å². The highest BCUT2D eigenvalue weighted by Gasteiger charge is 2.17. The van der Waals surface area contributed by atoms with Crippen molar-refractivity contribution in [1.82, 2.24) is 0 Å². The van der Waals surface area contributed by atoms with Crippen molar-refractivity contribution >= 4 is 5.97 Å². The first-order valence-electron chi connectivity index (χ1n) is 8.72. The van der Waals surface area contributed by atoms with Crippen LogP contribution in [0.1, 0.15) is 59.3 Å². The van der Waals surface area contributed by atoms with E-state index in [2.05, 4.69) is 0 Å². The van der Waals surface area contributed by atoms with Gasteiger partial charge in [0.2, 0.25) is 0 Å². The number of carbonyl (C=O) groups is 1. The Morgan fingerprint density at radius 3 is 2.30 bits per heavy atom. The number of rotatable bonds is 7. The number of ether oxygens (including phenoxy) is 3. The van der Waals surface area contributed by atoms with Gasteiger partial charge in [0.05, 0.1) is 12.0 Å². The van der Waals surface area contributed by atoms with Crippen molar-refractivity contribution in [2.45, 2.75) is 71.7 Å². The molecule has 0 N–H and O–H groups in total. The molecule has 0 bridgehead atoms. The summed E-state index contributed by atoms with van der Waals surface area (Å²) < 4.78 is 17.0. The average Bonchev–Trinajstić information content (AvgIpc) is 2.56. The summed E-state index contributed by atoms with van der Waals surface area (Å²) >= 11 is 0. The number of hydrogen-bond acceptors (Lipinski definition) is 4. The van der Waals surface area contributed by atoms with E-state index in [0.717, 1.165) is 25.0 Å². The topological polar surface area (TPSA) is 44.8 Å². The number of carbonyl (C=O) groups excluding carboxylic acids is 1. The summed E-state index contributed by atoms with van der Waals surface area (Å²) in [6.45, 7) is 5.76. The predicted molar refractivity (Wildman–Crippen MR) is 89.6 cm³/mol. The van der Waals surface area contributed by atoms with Crippen molar-refractivity contribution in [1.29, 1.82) is 0 Å². The van der Waals surface area contributed by atoms with Crippen molar-refractivity contribution in [3.05, 3.63) is 24.3 Å². The molecule has 0 spiro atoms. The molecule has 4 heteroatoms. The van der Waals surface area contributed by atoms with Gasteiger partial charge < -0.3 is 14.2 Å². The standard InChI is InChI=1S/C19H28O4/c1-4-14(2)19(20)23-18-12-10-17(11-13-18)22-15(3)21-16-8-6-5-7-9-16/h10-16H,4-9H2,1-3H3. The van der Waals surface area contributed by atoms with Gasteiger partial charge in [-0.25, -0.2) is 0 Å². The minimum absolute atomic E-state index is 0.0881. The number of hydrogen-bond donors (Lipinski definition) is 0. The quantitative estimate of drug-likeness (QED) is 0.414. The van der Waals surface area contributed by atoms with Gasteiger partial charge in [0, 0.05) is 0 Å². The molecular formula is C19H28O4. The molecule has 1 fully saturated rings. The van der Waals surface area contributed by atoms with E-state index in [1.165, 1.54) is 19.3 Å². The van der Waals surface area contributed by atoms with Crippen molar-refractivity contribution in [3.8, 4) is 11.5 Å². The first kappa shape index (κ1) is 17.8. The third kappa shape index (κ3) is 5.87. The fourth-order valence-corrected chi connectivity index (χ4v) is 2.66. The zero-order valence-electron chi connectivity index (χ0n) is 14.4. The van der Waals surface area contributed by atoms with Crippen LogP contribution in [0.4, 0.5) is 0 Å². The van der Waals surface area contributed by atoms with E-state index in [1.807, 2.05) is 20.8 Å². The maximum atomic E-state index is 11.8. The van der Waals surface area contributed by atoms with Crippen LogP contribution >= 0.6 is 0 Å². The molecule has 4 nitrogen and oxygen atoms in total. The second-order valence-corrected chi connectivity index (χ2v) is 6.28. The highest BCUT2D eigenvalue weighted by Crippen LogP contribution is 2.24. The molecule has 0 aromatic heterocycles. The lowest BCUT2D eigenvalue weighted by Crippen LogP contribution is -2.26. The zero-order chi connectivity index (χ0) is 16.7. The Morgan fingerprint density at radius 1 is 1.09 bits per heavy atom. The van der Waals surface area contributed by atoms with Gasteiger partial charge in [-0.05, 0) is 50.5 Å². The molecule has 0 aliphatic heterocycles. The van der Waals surface area contributed by atoms with E-state index in [1.54, 1.807) is 24.3 Å². The fraction of sp³-hybridized carbons (Fsp3) is 0.632. The maximum absolute atomic E-state index is 11.8. The minimum atomic E-state index is -0.272. The number of benzene rings is 1. The summed E-state index contributed by atoms with van der Waals surface area (Å²) in [5.74, 6) is 0.977. The van der Waals surface area contributed by atoms with Crippen LogP contribution in [-0.4, -0.2) is 18.4 Å². The molecule has 1 aromatic carbocycles. The lowest BCUT2D eigenvalue weighted by molar-refractivity contribution is -0.138. The first-order chi connectivity index (χ1) is 11.1. The van der Waals surface area contributed by atoms with Crippen molar-refractivity contribution in [2.24, 2.45) is 5.92 Å². The molecule has 1 saturated carbocycles. The molecule has 0 radical (unpaired) electrons. The van der Waals surface area contributed by atoms with E-state index in [-0.39, 0.29) is 18.2 Å². The second-order valence-electron chi connectivity index (χ2n) is 6.28. The van der Waals surface area contributed by atoms with Gasteiger partial charge in [-0.1, -0.05) is 33.1 Å². The van der Waals surface area contributed by atoms with Crippen LogP contribution in [0.2, 0.25) is 0 Å². The molecular weight excluding hydrogens is 292 g/mol. The smallest absolute Gasteiger partial charge is 0.314 e. The van der Waals surface area contributed by atoms with Crippen LogP contribution < -0.4 is 9.47 Å². The van der Waals surface area contributed by atoms with E-state index < -0.39 is 0 Å². The summed E-state index contributed by atoms with van der Waals surface area (Å²) in [4.78, 5) is 11.8. The lowest BCUT2D eigenvalue weighted by Gasteiger charge is -2.26. The third-order valence-corrected chi connectivity index (χ3v) is 4.30. The fourth-order valence-electron chi connectivity index (χ4n) is 2.66. The molecule has 1 aromatic rings. The number of esters is 1. The van der Waals surface area contributed by atoms with Gasteiger partial charge in [0.1, 0.15) is 11.5 Å². The summed E-state index contributed by atoms with van der Waals surface area (Å²) in [6.07, 6.45) is 6.86. The molecule has 0 saturated heterocycles. The SMILES string of the molecule is CCC(C)C(=O)Oc1ccc(OC(C)OC2CCCCC2)cc1. The third-order valence-electron chi connectivity index (χ3n) is 4.30. The van der Waals surface area contributed by atoms with Crippen molar-refractivity contribution < 1.29 is 19.0 Å². The normalized spacial score (nSPS) is 18.2. The summed E-state index contributed by atoms with van der Waals surface area (Å²) in [7, 11) is 0. The molecule has 128 valence electrons. The Morgan fingerprint density at radius 2 is 1.70 bits per heavy atom. The Kier molecular flexibility index (Phi) is 6.90. The maximum Gasteiger partial charge on any atom is 0.314 e. The molecule has 2 atom stereocenters. The molecule has 23 heavy (non-hydrogen) atoms. The zero-order valence-corrected chi connectivity index (χ0v) is 14.4. The van der Waals surface area contributed by atoms with Gasteiger partial charge in [-0.3, -0.25) is 4.79 Å². The average molecular weight is 320 g/mol. The van der Waals surface area contributed by atoms with Gasteiger partial charge in [0.15, 0.2) is 6.29 Å². The van der Waals surface area contributed by atoms with Crippen LogP contribution in [0.25, 0.3) is 0 Å². The van der Waals surface area contributed by atoms with E-state index in [0.29, 0.717) is 11.9 Å². The van der Waals surface area contributed by atoms with Crippen LogP contribution in [-0.2, 0) is 9.53 Å². The lowest BCUT2D eigenvalue weighted by atomic mass is 9.98. The Bertz CT molecular complexity index is 477.